The van der Waals surface area contributed by atoms with Crippen LogP contribution in [0.15, 0.2) is 12.5 Å². The molecule has 0 saturated carbocycles. The number of nitro groups is 1. The molecule has 9 heavy (non-hydrogen) atoms. The lowest BCUT2D eigenvalue weighted by atomic mass is 10.6. The van der Waals surface area contributed by atoms with E-state index in [2.05, 4.69) is 4.98 Å². The molecule has 0 aliphatic rings. The summed E-state index contributed by atoms with van der Waals surface area (Å²) in [7, 11) is 0. The second-order valence-electron chi connectivity index (χ2n) is 1.63. The lowest BCUT2D eigenvalue weighted by Crippen LogP contribution is -2.04. The highest BCUT2D eigenvalue weighted by molar-refractivity contribution is 4.89. The van der Waals surface area contributed by atoms with Gasteiger partial charge in [0.05, 0.1) is 11.9 Å². The molecule has 1 aromatic heterocycles. The van der Waals surface area contributed by atoms with Crippen molar-refractivity contribution in [2.75, 3.05) is 0 Å². The molecule has 1 aromatic rings. The van der Waals surface area contributed by atoms with Crippen molar-refractivity contribution in [2.45, 2.75) is 6.92 Å². The molecular formula is C4H5N3O2. The molecule has 0 spiro atoms. The van der Waals surface area contributed by atoms with Gasteiger partial charge in [-0.2, -0.15) is 0 Å². The van der Waals surface area contributed by atoms with E-state index in [1.165, 1.54) is 6.20 Å². The third-order valence-corrected chi connectivity index (χ3v) is 0.887. The Balaban J connectivity index is 2.98. The number of hydrogen-bond acceptors (Lipinski definition) is 3. The summed E-state index contributed by atoms with van der Waals surface area (Å²) in [4.78, 5) is 13.6. The second-order valence-corrected chi connectivity index (χ2v) is 1.63. The number of hydrogen-bond donors (Lipinski definition) is 0. The molecule has 5 nitrogen and oxygen atoms in total. The van der Waals surface area contributed by atoms with E-state index < -0.39 is 5.03 Å². The van der Waals surface area contributed by atoms with E-state index in [0.717, 1.165) is 11.0 Å². The van der Waals surface area contributed by atoms with Crippen molar-refractivity contribution in [3.63, 3.8) is 0 Å². The Morgan fingerprint density at radius 1 is 1.89 bits per heavy atom. The van der Waals surface area contributed by atoms with Gasteiger partial charge in [-0.3, -0.25) is 0 Å². The molecule has 1 heterocycles. The predicted octanol–water partition coefficient (Wildman–Crippen LogP) is 0.231. The summed E-state index contributed by atoms with van der Waals surface area (Å²) in [5.74, 6) is 0. The van der Waals surface area contributed by atoms with Gasteiger partial charge in [-0.15, -0.1) is 0 Å². The Morgan fingerprint density at radius 2 is 2.56 bits per heavy atom. The van der Waals surface area contributed by atoms with Gasteiger partial charge in [0.25, 0.3) is 0 Å². The molecule has 1 rings (SSSR count). The van der Waals surface area contributed by atoms with Crippen LogP contribution in [-0.4, -0.2) is 14.7 Å². The third-order valence-electron chi connectivity index (χ3n) is 0.887. The van der Waals surface area contributed by atoms with Crippen LogP contribution < -0.4 is 0 Å². The minimum atomic E-state index is -0.542. The van der Waals surface area contributed by atoms with E-state index in [4.69, 9.17) is 0 Å². The van der Waals surface area contributed by atoms with Crippen LogP contribution in [0.4, 0.5) is 0 Å². The number of aromatic nitrogens is 2. The molecule has 5 heteroatoms. The van der Waals surface area contributed by atoms with Gasteiger partial charge in [-0.25, -0.2) is 15.1 Å². The zero-order valence-corrected chi connectivity index (χ0v) is 4.81. The summed E-state index contributed by atoms with van der Waals surface area (Å²) in [6.07, 6.45) is 2.51. The molecule has 0 saturated heterocycles. The summed E-state index contributed by atoms with van der Waals surface area (Å²) in [5, 5.41) is 9.40. The Morgan fingerprint density at radius 3 is 2.78 bits per heavy atom. The largest absolute Gasteiger partial charge is 0.236 e. The topological polar surface area (TPSA) is 61.0 Å². The van der Waals surface area contributed by atoms with E-state index in [9.17, 15) is 10.1 Å². The maximum Gasteiger partial charge on any atom is 0.170 e. The van der Waals surface area contributed by atoms with Crippen molar-refractivity contribution < 1.29 is 5.03 Å². The van der Waals surface area contributed by atoms with Crippen LogP contribution in [0.25, 0.3) is 0 Å². The van der Waals surface area contributed by atoms with Crippen molar-refractivity contribution in [3.8, 4) is 0 Å². The third kappa shape index (κ3) is 1.04. The van der Waals surface area contributed by atoms with Gasteiger partial charge in [-0.1, -0.05) is 4.68 Å². The van der Waals surface area contributed by atoms with E-state index in [-0.39, 0.29) is 0 Å². The number of rotatable bonds is 1. The van der Waals surface area contributed by atoms with Crippen LogP contribution in [0, 0.1) is 17.0 Å². The first-order chi connectivity index (χ1) is 4.20. The molecule has 0 atom stereocenters. The molecule has 0 aliphatic carbocycles. The fraction of sp³-hybridized carbons (Fsp3) is 0.250. The molecule has 0 fully saturated rings. The monoisotopic (exact) mass is 127 g/mol. The Labute approximate surface area is 51.1 Å². The van der Waals surface area contributed by atoms with E-state index in [1.54, 1.807) is 6.92 Å². The predicted molar refractivity (Wildman–Crippen MR) is 29.4 cm³/mol. The first-order valence-electron chi connectivity index (χ1n) is 2.35. The molecule has 0 aromatic carbocycles. The van der Waals surface area contributed by atoms with Crippen molar-refractivity contribution >= 4 is 0 Å². The minimum absolute atomic E-state index is 0.542. The normalized spacial score (nSPS) is 9.44. The highest BCUT2D eigenvalue weighted by Crippen LogP contribution is 1.90. The standard InChI is InChI=1S/C4H5N3O2/c1-4-2-6(3-5-4)7(8)9/h2-3H,1H3. The van der Waals surface area contributed by atoms with E-state index in [0.29, 0.717) is 5.69 Å². The summed E-state index contributed by atoms with van der Waals surface area (Å²) < 4.78 is 0.815. The van der Waals surface area contributed by atoms with E-state index >= 15 is 0 Å². The molecular weight excluding hydrogens is 122 g/mol. The average molecular weight is 127 g/mol. The van der Waals surface area contributed by atoms with Crippen molar-refractivity contribution in [3.05, 3.63) is 28.3 Å². The van der Waals surface area contributed by atoms with Gasteiger partial charge >= 0.3 is 0 Å². The van der Waals surface area contributed by atoms with Gasteiger partial charge in [0.15, 0.2) is 11.4 Å². The van der Waals surface area contributed by atoms with E-state index in [1.807, 2.05) is 0 Å². The van der Waals surface area contributed by atoms with Gasteiger partial charge < -0.3 is 0 Å². The lowest BCUT2D eigenvalue weighted by Gasteiger charge is -1.82. The fourth-order valence-corrected chi connectivity index (χ4v) is 0.498. The van der Waals surface area contributed by atoms with Gasteiger partial charge in [-0.05, 0) is 6.92 Å². The molecule has 48 valence electrons. The van der Waals surface area contributed by atoms with Crippen LogP contribution in [-0.2, 0) is 0 Å². The van der Waals surface area contributed by atoms with Crippen LogP contribution >= 0.6 is 0 Å². The minimum Gasteiger partial charge on any atom is -0.236 e. The summed E-state index contributed by atoms with van der Waals surface area (Å²) in [5.41, 5.74) is 0.645. The van der Waals surface area contributed by atoms with Gasteiger partial charge in [0.2, 0.25) is 0 Å². The maximum absolute atomic E-state index is 9.94. The zero-order valence-electron chi connectivity index (χ0n) is 4.81. The first kappa shape index (κ1) is 5.74. The quantitative estimate of drug-likeness (QED) is 0.400. The highest BCUT2D eigenvalue weighted by atomic mass is 16.7. The second kappa shape index (κ2) is 1.85. The highest BCUT2D eigenvalue weighted by Gasteiger charge is 1.99. The van der Waals surface area contributed by atoms with Crippen molar-refractivity contribution in [2.24, 2.45) is 0 Å². The van der Waals surface area contributed by atoms with Crippen LogP contribution in [0.5, 0.6) is 0 Å². The van der Waals surface area contributed by atoms with Crippen LogP contribution in [0.1, 0.15) is 5.69 Å². The average Bonchev–Trinajstić information content (AvgIpc) is 2.14. The summed E-state index contributed by atoms with van der Waals surface area (Å²) in [6, 6.07) is 0. The summed E-state index contributed by atoms with van der Waals surface area (Å²) >= 11 is 0. The number of nitrogens with zero attached hydrogens (tertiary/aromatic N) is 3. The van der Waals surface area contributed by atoms with Crippen molar-refractivity contribution in [1.82, 2.24) is 9.66 Å². The SMILES string of the molecule is Cc1cn([N+](=O)[O-])cn1. The molecule has 0 radical (unpaired) electrons. The fourth-order valence-electron chi connectivity index (χ4n) is 0.498. The summed E-state index contributed by atoms with van der Waals surface area (Å²) in [6.45, 7) is 1.69. The van der Waals surface area contributed by atoms with Crippen LogP contribution in [0.3, 0.4) is 0 Å². The Kier molecular flexibility index (Phi) is 1.18. The maximum atomic E-state index is 9.94. The van der Waals surface area contributed by atoms with Crippen LogP contribution in [0.2, 0.25) is 0 Å². The Bertz CT molecular complexity index is 229. The van der Waals surface area contributed by atoms with Crippen molar-refractivity contribution in [1.29, 1.82) is 0 Å². The van der Waals surface area contributed by atoms with Gasteiger partial charge in [0, 0.05) is 0 Å². The Hall–Kier alpha value is -1.39. The molecule has 0 unspecified atom stereocenters. The first-order valence-corrected chi connectivity index (χ1v) is 2.35. The number of imidazole rings is 1. The number of aryl methyl sites for hydroxylation is 1. The molecule has 0 N–H and O–H groups in total. The zero-order chi connectivity index (χ0) is 6.85. The molecule has 0 aliphatic heterocycles. The molecule has 0 amide bonds. The van der Waals surface area contributed by atoms with Gasteiger partial charge in [0.1, 0.15) is 0 Å². The smallest absolute Gasteiger partial charge is 0.170 e. The lowest BCUT2D eigenvalue weighted by molar-refractivity contribution is -0.542. The molecule has 0 bridgehead atoms.